The lowest BCUT2D eigenvalue weighted by Crippen LogP contribution is -2.13. The van der Waals surface area contributed by atoms with E-state index >= 15 is 0 Å². The normalized spacial score (nSPS) is 17.8. The van der Waals surface area contributed by atoms with Gasteiger partial charge in [-0.05, 0) is 43.5 Å². The van der Waals surface area contributed by atoms with Crippen molar-refractivity contribution in [1.29, 1.82) is 0 Å². The van der Waals surface area contributed by atoms with Crippen LogP contribution in [0, 0.1) is 0 Å². The second kappa shape index (κ2) is 10.2. The van der Waals surface area contributed by atoms with Gasteiger partial charge in [-0.2, -0.15) is 0 Å². The molecule has 172 valence electrons. The number of hydrogen-bond donors (Lipinski definition) is 2. The molecule has 1 aliphatic rings. The zero-order valence-corrected chi connectivity index (χ0v) is 19.8. The molecule has 4 aromatic rings. The Labute approximate surface area is 204 Å². The van der Waals surface area contributed by atoms with Gasteiger partial charge in [0.25, 0.3) is 11.8 Å². The standard InChI is InChI=1S/C24H22N6O2S2/c31-19(15-8-3-1-4-9-15)25-23-29-27-21(33-23)17-12-7-13-18(14-17)22-28-30-24(34-22)26-20(32)16-10-5-2-6-11-16/h1-6,8-11,17-18H,7,12-14H2,(H,25,29,31)(H,26,30,32). The summed E-state index contributed by atoms with van der Waals surface area (Å²) in [6.45, 7) is 0. The van der Waals surface area contributed by atoms with Crippen LogP contribution in [0.5, 0.6) is 0 Å². The average Bonchev–Trinajstić information content (AvgIpc) is 3.55. The largest absolute Gasteiger partial charge is 0.296 e. The van der Waals surface area contributed by atoms with Crippen molar-refractivity contribution in [2.75, 3.05) is 10.6 Å². The van der Waals surface area contributed by atoms with Gasteiger partial charge in [-0.25, -0.2) is 0 Å². The summed E-state index contributed by atoms with van der Waals surface area (Å²) in [5, 5.41) is 25.6. The first-order chi connectivity index (χ1) is 16.7. The lowest BCUT2D eigenvalue weighted by atomic mass is 9.82. The molecule has 5 rings (SSSR count). The molecule has 8 nitrogen and oxygen atoms in total. The smallest absolute Gasteiger partial charge is 0.257 e. The van der Waals surface area contributed by atoms with E-state index in [0.717, 1.165) is 35.7 Å². The summed E-state index contributed by atoms with van der Waals surface area (Å²) in [6, 6.07) is 18.1. The number of aromatic nitrogens is 4. The SMILES string of the molecule is O=C(Nc1nnc(C2CCCC(c3nnc(NC(=O)c4ccccc4)s3)C2)s1)c1ccccc1. The Morgan fingerprint density at radius 2 is 1.12 bits per heavy atom. The quantitative estimate of drug-likeness (QED) is 0.378. The number of amides is 2. The van der Waals surface area contributed by atoms with Crippen molar-refractivity contribution < 1.29 is 9.59 Å². The molecule has 0 aliphatic heterocycles. The Balaban J connectivity index is 1.21. The third kappa shape index (κ3) is 5.18. The van der Waals surface area contributed by atoms with E-state index in [4.69, 9.17) is 0 Å². The summed E-state index contributed by atoms with van der Waals surface area (Å²) in [6.07, 6.45) is 3.98. The molecule has 2 amide bonds. The van der Waals surface area contributed by atoms with E-state index in [0.29, 0.717) is 21.4 Å². The van der Waals surface area contributed by atoms with Gasteiger partial charge in [0, 0.05) is 23.0 Å². The fourth-order valence-corrected chi connectivity index (χ4v) is 5.83. The van der Waals surface area contributed by atoms with Crippen LogP contribution in [-0.4, -0.2) is 32.2 Å². The van der Waals surface area contributed by atoms with E-state index in [9.17, 15) is 9.59 Å². The summed E-state index contributed by atoms with van der Waals surface area (Å²) < 4.78 is 0. The summed E-state index contributed by atoms with van der Waals surface area (Å²) in [5.41, 5.74) is 1.17. The lowest BCUT2D eigenvalue weighted by Gasteiger charge is -2.25. The van der Waals surface area contributed by atoms with Crippen LogP contribution < -0.4 is 10.6 Å². The molecular formula is C24H22N6O2S2. The molecule has 2 aromatic heterocycles. The predicted octanol–water partition coefficient (Wildman–Crippen LogP) is 5.34. The number of carbonyl (C=O) groups excluding carboxylic acids is 2. The monoisotopic (exact) mass is 490 g/mol. The van der Waals surface area contributed by atoms with Crippen LogP contribution in [0.15, 0.2) is 60.7 Å². The Bertz CT molecular complexity index is 1180. The maximum Gasteiger partial charge on any atom is 0.257 e. The van der Waals surface area contributed by atoms with Crippen LogP contribution in [0.3, 0.4) is 0 Å². The number of nitrogens with zero attached hydrogens (tertiary/aromatic N) is 4. The third-order valence-electron chi connectivity index (χ3n) is 5.77. The molecule has 10 heteroatoms. The Kier molecular flexibility index (Phi) is 6.68. The number of benzene rings is 2. The van der Waals surface area contributed by atoms with Crippen LogP contribution in [0.1, 0.15) is 68.3 Å². The topological polar surface area (TPSA) is 110 Å². The highest BCUT2D eigenvalue weighted by molar-refractivity contribution is 7.15. The van der Waals surface area contributed by atoms with Crippen molar-refractivity contribution in [1.82, 2.24) is 20.4 Å². The molecule has 0 spiro atoms. The minimum absolute atomic E-state index is 0.191. The van der Waals surface area contributed by atoms with Crippen molar-refractivity contribution >= 4 is 44.8 Å². The molecule has 0 saturated heterocycles. The van der Waals surface area contributed by atoms with E-state index in [1.807, 2.05) is 36.4 Å². The van der Waals surface area contributed by atoms with E-state index in [1.165, 1.54) is 22.7 Å². The minimum atomic E-state index is -0.191. The zero-order chi connectivity index (χ0) is 23.3. The summed E-state index contributed by atoms with van der Waals surface area (Å²) >= 11 is 2.85. The van der Waals surface area contributed by atoms with Crippen LogP contribution in [0.4, 0.5) is 10.3 Å². The van der Waals surface area contributed by atoms with E-state index in [1.54, 1.807) is 24.3 Å². The number of carbonyl (C=O) groups is 2. The molecule has 2 heterocycles. The molecule has 1 aliphatic carbocycles. The van der Waals surface area contributed by atoms with Gasteiger partial charge in [0.05, 0.1) is 0 Å². The van der Waals surface area contributed by atoms with Gasteiger partial charge in [-0.15, -0.1) is 20.4 Å². The van der Waals surface area contributed by atoms with Crippen molar-refractivity contribution in [2.45, 2.75) is 37.5 Å². The molecule has 2 unspecified atom stereocenters. The fourth-order valence-electron chi connectivity index (χ4n) is 4.06. The van der Waals surface area contributed by atoms with E-state index < -0.39 is 0 Å². The number of hydrogen-bond acceptors (Lipinski definition) is 8. The first-order valence-electron chi connectivity index (χ1n) is 11.1. The van der Waals surface area contributed by atoms with Crippen molar-refractivity contribution in [3.63, 3.8) is 0 Å². The maximum atomic E-state index is 12.4. The Morgan fingerprint density at radius 3 is 1.56 bits per heavy atom. The van der Waals surface area contributed by atoms with Crippen LogP contribution >= 0.6 is 22.7 Å². The van der Waals surface area contributed by atoms with Gasteiger partial charge in [-0.3, -0.25) is 20.2 Å². The first-order valence-corrected chi connectivity index (χ1v) is 12.7. The third-order valence-corrected chi connectivity index (χ3v) is 7.77. The van der Waals surface area contributed by atoms with Crippen LogP contribution in [0.25, 0.3) is 0 Å². The molecule has 34 heavy (non-hydrogen) atoms. The summed E-state index contributed by atoms with van der Waals surface area (Å²) in [7, 11) is 0. The molecule has 2 atom stereocenters. The number of anilines is 2. The Hall–Kier alpha value is -3.50. The van der Waals surface area contributed by atoms with E-state index in [2.05, 4.69) is 31.0 Å². The van der Waals surface area contributed by atoms with Gasteiger partial charge in [0.15, 0.2) is 0 Å². The van der Waals surface area contributed by atoms with E-state index in [-0.39, 0.29) is 23.7 Å². The molecule has 0 radical (unpaired) electrons. The van der Waals surface area contributed by atoms with Crippen molar-refractivity contribution in [3.8, 4) is 0 Å². The highest BCUT2D eigenvalue weighted by atomic mass is 32.1. The van der Waals surface area contributed by atoms with Gasteiger partial charge in [-0.1, -0.05) is 65.5 Å². The highest BCUT2D eigenvalue weighted by Gasteiger charge is 2.29. The van der Waals surface area contributed by atoms with Gasteiger partial charge >= 0.3 is 0 Å². The number of nitrogens with one attached hydrogen (secondary N) is 2. The lowest BCUT2D eigenvalue weighted by molar-refractivity contribution is 0.101. The number of rotatable bonds is 6. The van der Waals surface area contributed by atoms with Crippen molar-refractivity contribution in [2.24, 2.45) is 0 Å². The van der Waals surface area contributed by atoms with Crippen LogP contribution in [0.2, 0.25) is 0 Å². The predicted molar refractivity (Wildman–Crippen MR) is 133 cm³/mol. The fraction of sp³-hybridized carbons (Fsp3) is 0.250. The second-order valence-corrected chi connectivity index (χ2v) is 10.1. The van der Waals surface area contributed by atoms with Crippen LogP contribution in [-0.2, 0) is 0 Å². The van der Waals surface area contributed by atoms with Gasteiger partial charge < -0.3 is 0 Å². The average molecular weight is 491 g/mol. The van der Waals surface area contributed by atoms with Crippen molar-refractivity contribution in [3.05, 3.63) is 81.8 Å². The molecule has 2 N–H and O–H groups in total. The molecule has 1 fully saturated rings. The molecule has 2 aromatic carbocycles. The van der Waals surface area contributed by atoms with Gasteiger partial charge in [0.2, 0.25) is 10.3 Å². The van der Waals surface area contributed by atoms with Gasteiger partial charge in [0.1, 0.15) is 10.0 Å². The highest BCUT2D eigenvalue weighted by Crippen LogP contribution is 2.43. The zero-order valence-electron chi connectivity index (χ0n) is 18.2. The second-order valence-electron chi connectivity index (χ2n) is 8.09. The first kappa shape index (κ1) is 22.3. The molecule has 0 bridgehead atoms. The maximum absolute atomic E-state index is 12.4. The molecular weight excluding hydrogens is 468 g/mol. The summed E-state index contributed by atoms with van der Waals surface area (Å²) in [4.78, 5) is 24.8. The summed E-state index contributed by atoms with van der Waals surface area (Å²) in [5.74, 6) is 0.127. The molecule has 1 saturated carbocycles. The Morgan fingerprint density at radius 1 is 0.676 bits per heavy atom. The minimum Gasteiger partial charge on any atom is -0.296 e.